The SMILES string of the molecule is Cc1ccc2nc(-c3ccc(NC(=O)c4ccc(-c5ccc([N+](=O)[O-])cc5C)o4)cc3)oc2c1. The van der Waals surface area contributed by atoms with E-state index in [-0.39, 0.29) is 11.4 Å². The molecule has 168 valence electrons. The van der Waals surface area contributed by atoms with Crippen molar-refractivity contribution in [2.24, 2.45) is 0 Å². The Kier molecular flexibility index (Phi) is 5.18. The standard InChI is InChI=1S/C26H19N3O5/c1-15-3-10-21-24(13-15)34-26(28-21)17-4-6-18(7-5-17)27-25(30)23-12-11-22(33-23)20-9-8-19(29(31)32)14-16(20)2/h3-14H,1-2H3,(H,27,30). The lowest BCUT2D eigenvalue weighted by molar-refractivity contribution is -0.384. The summed E-state index contributed by atoms with van der Waals surface area (Å²) in [4.78, 5) is 27.7. The van der Waals surface area contributed by atoms with Gasteiger partial charge in [-0.1, -0.05) is 6.07 Å². The smallest absolute Gasteiger partial charge is 0.291 e. The maximum absolute atomic E-state index is 12.7. The van der Waals surface area contributed by atoms with Gasteiger partial charge < -0.3 is 14.2 Å². The third kappa shape index (κ3) is 4.04. The molecule has 5 rings (SSSR count). The van der Waals surface area contributed by atoms with Gasteiger partial charge in [-0.25, -0.2) is 4.98 Å². The number of rotatable bonds is 5. The predicted octanol–water partition coefficient (Wildman–Crippen LogP) is 6.53. The maximum atomic E-state index is 12.7. The van der Waals surface area contributed by atoms with E-state index in [1.165, 1.54) is 12.1 Å². The fraction of sp³-hybridized carbons (Fsp3) is 0.0769. The van der Waals surface area contributed by atoms with Crippen LogP contribution in [-0.2, 0) is 0 Å². The first-order chi connectivity index (χ1) is 16.4. The van der Waals surface area contributed by atoms with E-state index in [0.717, 1.165) is 22.2 Å². The van der Waals surface area contributed by atoms with Crippen LogP contribution in [0.1, 0.15) is 21.7 Å². The number of carbonyl (C=O) groups is 1. The molecule has 8 heteroatoms. The second-order valence-electron chi connectivity index (χ2n) is 7.94. The summed E-state index contributed by atoms with van der Waals surface area (Å²) in [6.45, 7) is 3.75. The molecule has 8 nitrogen and oxygen atoms in total. The molecule has 0 fully saturated rings. The Hall–Kier alpha value is -4.72. The van der Waals surface area contributed by atoms with Gasteiger partial charge in [-0.2, -0.15) is 0 Å². The summed E-state index contributed by atoms with van der Waals surface area (Å²) in [7, 11) is 0. The molecular weight excluding hydrogens is 434 g/mol. The largest absolute Gasteiger partial charge is 0.451 e. The van der Waals surface area contributed by atoms with Crippen LogP contribution in [0.15, 0.2) is 81.6 Å². The molecule has 0 aliphatic rings. The Bertz CT molecular complexity index is 1550. The van der Waals surface area contributed by atoms with Gasteiger partial charge in [-0.3, -0.25) is 14.9 Å². The molecule has 0 unspecified atom stereocenters. The molecule has 3 aromatic carbocycles. The molecule has 0 radical (unpaired) electrons. The summed E-state index contributed by atoms with van der Waals surface area (Å²) < 4.78 is 11.6. The van der Waals surface area contributed by atoms with Gasteiger partial charge in [0, 0.05) is 28.9 Å². The van der Waals surface area contributed by atoms with Crippen molar-refractivity contribution < 1.29 is 18.6 Å². The van der Waals surface area contributed by atoms with E-state index in [4.69, 9.17) is 8.83 Å². The average molecular weight is 453 g/mol. The molecule has 0 aliphatic heterocycles. The van der Waals surface area contributed by atoms with Gasteiger partial charge in [0.2, 0.25) is 5.89 Å². The van der Waals surface area contributed by atoms with E-state index in [1.54, 1.807) is 37.3 Å². The van der Waals surface area contributed by atoms with Crippen LogP contribution in [0.2, 0.25) is 0 Å². The Balaban J connectivity index is 1.31. The van der Waals surface area contributed by atoms with Crippen molar-refractivity contribution in [3.8, 4) is 22.8 Å². The second-order valence-corrected chi connectivity index (χ2v) is 7.94. The van der Waals surface area contributed by atoms with Crippen LogP contribution in [-0.4, -0.2) is 15.8 Å². The molecular formula is C26H19N3O5. The Labute approximate surface area is 194 Å². The molecule has 0 saturated carbocycles. The predicted molar refractivity (Wildman–Crippen MR) is 128 cm³/mol. The zero-order valence-corrected chi connectivity index (χ0v) is 18.4. The number of fused-ring (bicyclic) bond motifs is 1. The van der Waals surface area contributed by atoms with E-state index in [1.807, 2.05) is 37.3 Å². The minimum absolute atomic E-state index is 0.00202. The van der Waals surface area contributed by atoms with E-state index in [2.05, 4.69) is 10.3 Å². The van der Waals surface area contributed by atoms with E-state index in [0.29, 0.717) is 28.5 Å². The number of hydrogen-bond acceptors (Lipinski definition) is 6. The monoisotopic (exact) mass is 453 g/mol. The molecule has 2 heterocycles. The van der Waals surface area contributed by atoms with Crippen LogP contribution in [0.5, 0.6) is 0 Å². The number of benzene rings is 3. The number of nitro benzene ring substituents is 1. The molecule has 0 spiro atoms. The Morgan fingerprint density at radius 1 is 0.941 bits per heavy atom. The first kappa shape index (κ1) is 21.1. The number of nitrogens with one attached hydrogen (secondary N) is 1. The zero-order chi connectivity index (χ0) is 23.8. The number of furan rings is 1. The summed E-state index contributed by atoms with van der Waals surface area (Å²) in [5, 5.41) is 13.7. The van der Waals surface area contributed by atoms with Crippen LogP contribution in [0, 0.1) is 24.0 Å². The van der Waals surface area contributed by atoms with Crippen LogP contribution in [0.25, 0.3) is 33.9 Å². The highest BCUT2D eigenvalue weighted by Crippen LogP contribution is 2.29. The maximum Gasteiger partial charge on any atom is 0.291 e. The summed E-state index contributed by atoms with van der Waals surface area (Å²) >= 11 is 0. The first-order valence-corrected chi connectivity index (χ1v) is 10.5. The normalized spacial score (nSPS) is 11.0. The topological polar surface area (TPSA) is 111 Å². The Morgan fingerprint density at radius 2 is 1.74 bits per heavy atom. The van der Waals surface area contributed by atoms with Crippen LogP contribution in [0.3, 0.4) is 0 Å². The van der Waals surface area contributed by atoms with Crippen molar-refractivity contribution in [1.82, 2.24) is 4.98 Å². The first-order valence-electron chi connectivity index (χ1n) is 10.5. The minimum atomic E-state index is -0.450. The number of nitrogens with zero attached hydrogens (tertiary/aromatic N) is 2. The van der Waals surface area contributed by atoms with Gasteiger partial charge in [0.1, 0.15) is 11.3 Å². The van der Waals surface area contributed by atoms with Gasteiger partial charge in [0.05, 0.1) is 4.92 Å². The number of aryl methyl sites for hydroxylation is 2. The highest BCUT2D eigenvalue weighted by Gasteiger charge is 2.16. The number of amides is 1. The molecule has 1 N–H and O–H groups in total. The van der Waals surface area contributed by atoms with Crippen LogP contribution < -0.4 is 5.32 Å². The van der Waals surface area contributed by atoms with Crippen molar-refractivity contribution in [2.45, 2.75) is 13.8 Å². The van der Waals surface area contributed by atoms with Gasteiger partial charge >= 0.3 is 0 Å². The number of anilines is 1. The fourth-order valence-electron chi connectivity index (χ4n) is 3.69. The fourth-order valence-corrected chi connectivity index (χ4v) is 3.69. The highest BCUT2D eigenvalue weighted by molar-refractivity contribution is 6.02. The number of carbonyl (C=O) groups excluding carboxylic acids is 1. The molecule has 34 heavy (non-hydrogen) atoms. The third-order valence-electron chi connectivity index (χ3n) is 5.45. The lowest BCUT2D eigenvalue weighted by atomic mass is 10.1. The van der Waals surface area contributed by atoms with Gasteiger partial charge in [0.25, 0.3) is 11.6 Å². The Morgan fingerprint density at radius 3 is 2.47 bits per heavy atom. The molecule has 0 aliphatic carbocycles. The lowest BCUT2D eigenvalue weighted by Crippen LogP contribution is -2.10. The van der Waals surface area contributed by atoms with E-state index < -0.39 is 10.8 Å². The molecule has 5 aromatic rings. The van der Waals surface area contributed by atoms with Crippen molar-refractivity contribution >= 4 is 28.4 Å². The molecule has 1 amide bonds. The second kappa shape index (κ2) is 8.32. The van der Waals surface area contributed by atoms with Gasteiger partial charge in [-0.05, 0) is 79.6 Å². The number of hydrogen-bond donors (Lipinski definition) is 1. The number of oxazole rings is 1. The molecule has 2 aromatic heterocycles. The summed E-state index contributed by atoms with van der Waals surface area (Å²) in [6.07, 6.45) is 0. The van der Waals surface area contributed by atoms with Gasteiger partial charge in [0.15, 0.2) is 11.3 Å². The average Bonchev–Trinajstić information content (AvgIpc) is 3.46. The third-order valence-corrected chi connectivity index (χ3v) is 5.45. The summed E-state index contributed by atoms with van der Waals surface area (Å²) in [5.41, 5.74) is 5.35. The number of non-ortho nitro benzene ring substituents is 1. The minimum Gasteiger partial charge on any atom is -0.451 e. The highest BCUT2D eigenvalue weighted by atomic mass is 16.6. The van der Waals surface area contributed by atoms with E-state index in [9.17, 15) is 14.9 Å². The van der Waals surface area contributed by atoms with E-state index >= 15 is 0 Å². The number of aromatic nitrogens is 1. The molecule has 0 atom stereocenters. The van der Waals surface area contributed by atoms with Gasteiger partial charge in [-0.15, -0.1) is 0 Å². The lowest BCUT2D eigenvalue weighted by Gasteiger charge is -2.05. The van der Waals surface area contributed by atoms with Crippen molar-refractivity contribution in [2.75, 3.05) is 5.32 Å². The van der Waals surface area contributed by atoms with Crippen LogP contribution in [0.4, 0.5) is 11.4 Å². The summed E-state index contributed by atoms with van der Waals surface area (Å²) in [5.74, 6) is 0.689. The quantitative estimate of drug-likeness (QED) is 0.239. The zero-order valence-electron chi connectivity index (χ0n) is 18.4. The summed E-state index contributed by atoms with van der Waals surface area (Å²) in [6, 6.07) is 20.7. The van der Waals surface area contributed by atoms with Crippen molar-refractivity contribution in [3.05, 3.63) is 99.8 Å². The molecule has 0 saturated heterocycles. The molecule has 0 bridgehead atoms. The van der Waals surface area contributed by atoms with Crippen LogP contribution >= 0.6 is 0 Å². The number of nitro groups is 1. The van der Waals surface area contributed by atoms with Crippen molar-refractivity contribution in [3.63, 3.8) is 0 Å². The van der Waals surface area contributed by atoms with Crippen molar-refractivity contribution in [1.29, 1.82) is 0 Å².